The lowest BCUT2D eigenvalue weighted by atomic mass is 10.0. The standard InChI is InChI=1S/C30H28N2O4S/c1-4-9-24-16-21(17-25-28(33)31-30(37)32(14-5-2)29(25)34)18-26(35-6-3)27(24)36-19-20-12-13-22-10-7-8-11-23(22)15-20/h4-5,7-8,10-13,15-18H,1-2,6,9,14,19H2,3H3,(H,31,33,37)/b25-17+. The Morgan fingerprint density at radius 1 is 1.00 bits per heavy atom. The van der Waals surface area contributed by atoms with Gasteiger partial charge in [0, 0.05) is 12.1 Å². The molecule has 0 bridgehead atoms. The lowest BCUT2D eigenvalue weighted by Gasteiger charge is -2.27. The van der Waals surface area contributed by atoms with Gasteiger partial charge in [-0.2, -0.15) is 0 Å². The van der Waals surface area contributed by atoms with Gasteiger partial charge in [0.25, 0.3) is 11.8 Å². The lowest BCUT2D eigenvalue weighted by Crippen LogP contribution is -2.53. The minimum atomic E-state index is -0.546. The Balaban J connectivity index is 1.68. The van der Waals surface area contributed by atoms with E-state index >= 15 is 0 Å². The number of benzene rings is 3. The maximum atomic E-state index is 13.0. The van der Waals surface area contributed by atoms with Crippen LogP contribution in [0.2, 0.25) is 0 Å². The van der Waals surface area contributed by atoms with Crippen LogP contribution in [0.15, 0.2) is 85.5 Å². The topological polar surface area (TPSA) is 67.9 Å². The normalized spacial score (nSPS) is 14.6. The van der Waals surface area contributed by atoms with Crippen LogP contribution in [0.25, 0.3) is 16.8 Å². The number of rotatable bonds is 10. The third-order valence-corrected chi connectivity index (χ3v) is 6.15. The van der Waals surface area contributed by atoms with Gasteiger partial charge in [-0.1, -0.05) is 48.6 Å². The van der Waals surface area contributed by atoms with Crippen LogP contribution in [0.3, 0.4) is 0 Å². The average Bonchev–Trinajstić information content (AvgIpc) is 2.89. The molecule has 0 aliphatic carbocycles. The van der Waals surface area contributed by atoms with Crippen LogP contribution < -0.4 is 14.8 Å². The Morgan fingerprint density at radius 2 is 1.78 bits per heavy atom. The van der Waals surface area contributed by atoms with Crippen molar-refractivity contribution in [1.29, 1.82) is 0 Å². The summed E-state index contributed by atoms with van der Waals surface area (Å²) < 4.78 is 12.2. The summed E-state index contributed by atoms with van der Waals surface area (Å²) in [6, 6.07) is 18.0. The predicted octanol–water partition coefficient (Wildman–Crippen LogP) is 5.36. The van der Waals surface area contributed by atoms with Gasteiger partial charge in [-0.15, -0.1) is 13.2 Å². The number of carbonyl (C=O) groups excluding carboxylic acids is 2. The minimum Gasteiger partial charge on any atom is -0.490 e. The average molecular weight is 513 g/mol. The minimum absolute atomic E-state index is 0.0210. The van der Waals surface area contributed by atoms with Crippen LogP contribution in [0.1, 0.15) is 23.6 Å². The van der Waals surface area contributed by atoms with E-state index in [0.29, 0.717) is 36.7 Å². The number of hydrogen-bond donors (Lipinski definition) is 1. The van der Waals surface area contributed by atoms with Gasteiger partial charge < -0.3 is 9.47 Å². The van der Waals surface area contributed by atoms with Gasteiger partial charge in [0.15, 0.2) is 16.6 Å². The van der Waals surface area contributed by atoms with E-state index < -0.39 is 11.8 Å². The third kappa shape index (κ3) is 5.78. The fourth-order valence-corrected chi connectivity index (χ4v) is 4.39. The van der Waals surface area contributed by atoms with E-state index in [-0.39, 0.29) is 17.2 Å². The molecule has 0 unspecified atom stereocenters. The highest BCUT2D eigenvalue weighted by atomic mass is 32.1. The van der Waals surface area contributed by atoms with Crippen molar-refractivity contribution in [2.24, 2.45) is 0 Å². The SMILES string of the molecule is C=CCc1cc(/C=C2\C(=O)NC(=S)N(CC=C)C2=O)cc(OCC)c1OCc1ccc2ccccc2c1. The van der Waals surface area contributed by atoms with E-state index in [1.54, 1.807) is 18.2 Å². The zero-order valence-corrected chi connectivity index (χ0v) is 21.5. The second kappa shape index (κ2) is 11.7. The van der Waals surface area contributed by atoms with Crippen molar-refractivity contribution in [3.8, 4) is 11.5 Å². The number of hydrogen-bond acceptors (Lipinski definition) is 5. The second-order valence-electron chi connectivity index (χ2n) is 8.43. The van der Waals surface area contributed by atoms with Crippen molar-refractivity contribution >= 4 is 46.0 Å². The van der Waals surface area contributed by atoms with E-state index in [1.165, 1.54) is 16.4 Å². The summed E-state index contributed by atoms with van der Waals surface area (Å²) in [5, 5.41) is 4.94. The second-order valence-corrected chi connectivity index (χ2v) is 8.81. The molecule has 7 heteroatoms. The summed E-state index contributed by atoms with van der Waals surface area (Å²) in [7, 11) is 0. The van der Waals surface area contributed by atoms with Crippen LogP contribution in [-0.4, -0.2) is 35.0 Å². The van der Waals surface area contributed by atoms with Crippen LogP contribution >= 0.6 is 12.2 Å². The Kier molecular flexibility index (Phi) is 8.15. The number of nitrogens with zero attached hydrogens (tertiary/aromatic N) is 1. The maximum absolute atomic E-state index is 13.0. The molecule has 0 atom stereocenters. The van der Waals surface area contributed by atoms with Gasteiger partial charge in [0.05, 0.1) is 6.61 Å². The Bertz CT molecular complexity index is 1430. The molecule has 1 aliphatic rings. The number of nitrogens with one attached hydrogen (secondary N) is 1. The first-order valence-corrected chi connectivity index (χ1v) is 12.4. The molecule has 2 amide bonds. The summed E-state index contributed by atoms with van der Waals surface area (Å²) >= 11 is 5.14. The van der Waals surface area contributed by atoms with Crippen LogP contribution in [0.5, 0.6) is 11.5 Å². The molecule has 1 heterocycles. The molecule has 3 aromatic rings. The molecule has 6 nitrogen and oxygen atoms in total. The molecule has 37 heavy (non-hydrogen) atoms. The fourth-order valence-electron chi connectivity index (χ4n) is 4.14. The quantitative estimate of drug-likeness (QED) is 0.171. The van der Waals surface area contributed by atoms with Gasteiger partial charge >= 0.3 is 0 Å². The summed E-state index contributed by atoms with van der Waals surface area (Å²) in [6.45, 7) is 10.4. The number of allylic oxidation sites excluding steroid dienone is 1. The zero-order valence-electron chi connectivity index (χ0n) is 20.7. The first-order valence-electron chi connectivity index (χ1n) is 12.0. The number of amides is 2. The molecule has 1 saturated heterocycles. The number of carbonyl (C=O) groups is 2. The summed E-state index contributed by atoms with van der Waals surface area (Å²) in [4.78, 5) is 26.9. The molecular formula is C30H28N2O4S. The molecular weight excluding hydrogens is 484 g/mol. The van der Waals surface area contributed by atoms with Crippen LogP contribution in [0, 0.1) is 0 Å². The van der Waals surface area contributed by atoms with E-state index in [2.05, 4.69) is 42.7 Å². The van der Waals surface area contributed by atoms with Gasteiger partial charge in [0.2, 0.25) is 0 Å². The van der Waals surface area contributed by atoms with E-state index in [0.717, 1.165) is 16.5 Å². The predicted molar refractivity (Wildman–Crippen MR) is 150 cm³/mol. The molecule has 3 aromatic carbocycles. The van der Waals surface area contributed by atoms with Crippen molar-refractivity contribution in [3.05, 3.63) is 102 Å². The maximum Gasteiger partial charge on any atom is 0.265 e. The third-order valence-electron chi connectivity index (χ3n) is 5.82. The molecule has 0 radical (unpaired) electrons. The van der Waals surface area contributed by atoms with Crippen molar-refractivity contribution < 1.29 is 19.1 Å². The Morgan fingerprint density at radius 3 is 2.51 bits per heavy atom. The summed E-state index contributed by atoms with van der Waals surface area (Å²) in [6.07, 6.45) is 5.37. The number of thiocarbonyl (C=S) groups is 1. The molecule has 0 aromatic heterocycles. The van der Waals surface area contributed by atoms with Crippen molar-refractivity contribution in [2.75, 3.05) is 13.2 Å². The number of fused-ring (bicyclic) bond motifs is 1. The fraction of sp³-hybridized carbons (Fsp3) is 0.167. The zero-order chi connectivity index (χ0) is 26.4. The van der Waals surface area contributed by atoms with Gasteiger partial charge in [-0.05, 0) is 71.7 Å². The van der Waals surface area contributed by atoms with Crippen molar-refractivity contribution in [2.45, 2.75) is 20.0 Å². The first kappa shape index (κ1) is 25.9. The van der Waals surface area contributed by atoms with Gasteiger partial charge in [0.1, 0.15) is 12.2 Å². The van der Waals surface area contributed by atoms with Gasteiger partial charge in [-0.3, -0.25) is 19.8 Å². The van der Waals surface area contributed by atoms with Crippen molar-refractivity contribution in [1.82, 2.24) is 10.2 Å². The molecule has 1 N–H and O–H groups in total. The highest BCUT2D eigenvalue weighted by molar-refractivity contribution is 7.80. The van der Waals surface area contributed by atoms with E-state index in [9.17, 15) is 9.59 Å². The smallest absolute Gasteiger partial charge is 0.265 e. The highest BCUT2D eigenvalue weighted by Gasteiger charge is 2.32. The Hall–Kier alpha value is -4.23. The molecule has 0 spiro atoms. The van der Waals surface area contributed by atoms with E-state index in [1.807, 2.05) is 31.2 Å². The first-order chi connectivity index (χ1) is 17.9. The van der Waals surface area contributed by atoms with Crippen molar-refractivity contribution in [3.63, 3.8) is 0 Å². The number of ether oxygens (including phenoxy) is 2. The van der Waals surface area contributed by atoms with E-state index in [4.69, 9.17) is 21.7 Å². The summed E-state index contributed by atoms with van der Waals surface area (Å²) in [5.74, 6) is 0.103. The molecule has 1 aliphatic heterocycles. The molecule has 0 saturated carbocycles. The monoisotopic (exact) mass is 512 g/mol. The Labute approximate surface area is 221 Å². The summed E-state index contributed by atoms with van der Waals surface area (Å²) in [5.41, 5.74) is 2.46. The van der Waals surface area contributed by atoms with Crippen LogP contribution in [0.4, 0.5) is 0 Å². The lowest BCUT2D eigenvalue weighted by molar-refractivity contribution is -0.128. The molecule has 188 valence electrons. The highest BCUT2D eigenvalue weighted by Crippen LogP contribution is 2.36. The molecule has 4 rings (SSSR count). The van der Waals surface area contributed by atoms with Gasteiger partial charge in [-0.25, -0.2) is 0 Å². The largest absolute Gasteiger partial charge is 0.490 e. The molecule has 1 fully saturated rings. The van der Waals surface area contributed by atoms with Crippen LogP contribution in [-0.2, 0) is 22.6 Å².